The number of hydrogen-bond donors (Lipinski definition) is 1. The SMILES string of the molecule is CC(NC(=O)c1cccc(CS(C)(=O)=O)c1)c1cccc(Br)c1. The van der Waals surface area contributed by atoms with Gasteiger partial charge < -0.3 is 5.32 Å². The number of amides is 1. The minimum atomic E-state index is -3.13. The van der Waals surface area contributed by atoms with Crippen LogP contribution in [0, 0.1) is 0 Å². The van der Waals surface area contributed by atoms with Crippen LogP contribution in [-0.4, -0.2) is 20.6 Å². The Hall–Kier alpha value is -1.66. The van der Waals surface area contributed by atoms with E-state index >= 15 is 0 Å². The molecule has 2 aromatic carbocycles. The van der Waals surface area contributed by atoms with Gasteiger partial charge in [-0.15, -0.1) is 0 Å². The third-order valence-electron chi connectivity index (χ3n) is 3.31. The Labute approximate surface area is 145 Å². The standard InChI is InChI=1S/C17H18BrNO3S/c1-12(14-6-4-8-16(18)10-14)19-17(20)15-7-3-5-13(9-15)11-23(2,21)22/h3-10,12H,11H2,1-2H3,(H,19,20). The lowest BCUT2D eigenvalue weighted by Gasteiger charge is -2.15. The van der Waals surface area contributed by atoms with Crippen LogP contribution in [0.4, 0.5) is 0 Å². The van der Waals surface area contributed by atoms with Crippen LogP contribution >= 0.6 is 15.9 Å². The first-order chi connectivity index (χ1) is 10.7. The molecule has 1 N–H and O–H groups in total. The molecule has 0 aliphatic carbocycles. The minimum Gasteiger partial charge on any atom is -0.346 e. The highest BCUT2D eigenvalue weighted by atomic mass is 79.9. The number of hydrogen-bond acceptors (Lipinski definition) is 3. The third kappa shape index (κ3) is 5.48. The zero-order valence-corrected chi connectivity index (χ0v) is 15.3. The Bertz CT molecular complexity index is 818. The van der Waals surface area contributed by atoms with Crippen molar-refractivity contribution in [3.8, 4) is 0 Å². The minimum absolute atomic E-state index is 0.0741. The molecule has 0 aliphatic rings. The molecule has 1 unspecified atom stereocenters. The molecule has 0 fully saturated rings. The molecule has 0 spiro atoms. The first-order valence-corrected chi connectivity index (χ1v) is 9.93. The van der Waals surface area contributed by atoms with Crippen LogP contribution in [0.5, 0.6) is 0 Å². The second kappa shape index (κ2) is 7.27. The summed E-state index contributed by atoms with van der Waals surface area (Å²) >= 11 is 3.41. The summed E-state index contributed by atoms with van der Waals surface area (Å²) in [4.78, 5) is 12.4. The first kappa shape index (κ1) is 17.7. The van der Waals surface area contributed by atoms with E-state index in [2.05, 4.69) is 21.2 Å². The van der Waals surface area contributed by atoms with Crippen molar-refractivity contribution >= 4 is 31.7 Å². The highest BCUT2D eigenvalue weighted by molar-refractivity contribution is 9.10. The lowest BCUT2D eigenvalue weighted by molar-refractivity contribution is 0.0939. The number of carbonyl (C=O) groups excluding carboxylic acids is 1. The molecule has 2 rings (SSSR count). The van der Waals surface area contributed by atoms with E-state index in [9.17, 15) is 13.2 Å². The van der Waals surface area contributed by atoms with Gasteiger partial charge >= 0.3 is 0 Å². The molecule has 0 saturated carbocycles. The first-order valence-electron chi connectivity index (χ1n) is 7.07. The van der Waals surface area contributed by atoms with E-state index in [0.29, 0.717) is 11.1 Å². The molecule has 0 radical (unpaired) electrons. The van der Waals surface area contributed by atoms with Gasteiger partial charge in [-0.1, -0.05) is 40.2 Å². The van der Waals surface area contributed by atoms with Crippen molar-refractivity contribution < 1.29 is 13.2 Å². The van der Waals surface area contributed by atoms with Crippen molar-refractivity contribution in [2.24, 2.45) is 0 Å². The van der Waals surface area contributed by atoms with Crippen molar-refractivity contribution in [3.63, 3.8) is 0 Å². The number of carbonyl (C=O) groups is 1. The fourth-order valence-corrected chi connectivity index (χ4v) is 3.45. The Morgan fingerprint density at radius 2 is 1.87 bits per heavy atom. The average Bonchev–Trinajstić information content (AvgIpc) is 2.45. The van der Waals surface area contributed by atoms with Gasteiger partial charge in [0.2, 0.25) is 0 Å². The van der Waals surface area contributed by atoms with Crippen LogP contribution in [0.25, 0.3) is 0 Å². The maximum atomic E-state index is 12.4. The van der Waals surface area contributed by atoms with Gasteiger partial charge in [0.1, 0.15) is 0 Å². The Balaban J connectivity index is 2.13. The molecule has 23 heavy (non-hydrogen) atoms. The number of rotatable bonds is 5. The lowest BCUT2D eigenvalue weighted by Crippen LogP contribution is -2.26. The lowest BCUT2D eigenvalue weighted by atomic mass is 10.1. The van der Waals surface area contributed by atoms with Gasteiger partial charge in [-0.3, -0.25) is 4.79 Å². The van der Waals surface area contributed by atoms with E-state index < -0.39 is 9.84 Å². The highest BCUT2D eigenvalue weighted by Crippen LogP contribution is 2.18. The molecule has 122 valence electrons. The summed E-state index contributed by atoms with van der Waals surface area (Å²) < 4.78 is 23.7. The van der Waals surface area contributed by atoms with Crippen LogP contribution in [0.2, 0.25) is 0 Å². The van der Waals surface area contributed by atoms with Crippen LogP contribution in [-0.2, 0) is 15.6 Å². The summed E-state index contributed by atoms with van der Waals surface area (Å²) in [6.45, 7) is 1.90. The van der Waals surface area contributed by atoms with Crippen molar-refractivity contribution in [1.82, 2.24) is 5.32 Å². The van der Waals surface area contributed by atoms with E-state index in [1.165, 1.54) is 6.26 Å². The summed E-state index contributed by atoms with van der Waals surface area (Å²) in [5.74, 6) is -0.303. The molecule has 1 amide bonds. The van der Waals surface area contributed by atoms with E-state index in [1.807, 2.05) is 31.2 Å². The molecule has 0 aliphatic heterocycles. The molecule has 4 nitrogen and oxygen atoms in total. The highest BCUT2D eigenvalue weighted by Gasteiger charge is 2.13. The van der Waals surface area contributed by atoms with Gasteiger partial charge in [0, 0.05) is 16.3 Å². The van der Waals surface area contributed by atoms with E-state index in [4.69, 9.17) is 0 Å². The molecule has 0 bridgehead atoms. The molecule has 1 atom stereocenters. The zero-order chi connectivity index (χ0) is 17.0. The summed E-state index contributed by atoms with van der Waals surface area (Å²) in [5.41, 5.74) is 2.04. The van der Waals surface area contributed by atoms with Crippen molar-refractivity contribution in [1.29, 1.82) is 0 Å². The molecular formula is C17H18BrNO3S. The predicted molar refractivity (Wildman–Crippen MR) is 95.0 cm³/mol. The smallest absolute Gasteiger partial charge is 0.251 e. The van der Waals surface area contributed by atoms with Gasteiger partial charge in [-0.05, 0) is 42.3 Å². The predicted octanol–water partition coefficient (Wildman–Crippen LogP) is 3.48. The second-order valence-electron chi connectivity index (χ2n) is 5.52. The van der Waals surface area contributed by atoms with Crippen molar-refractivity contribution in [2.75, 3.05) is 6.26 Å². The van der Waals surface area contributed by atoms with Crippen LogP contribution < -0.4 is 5.32 Å². The van der Waals surface area contributed by atoms with Gasteiger partial charge in [-0.25, -0.2) is 8.42 Å². The zero-order valence-electron chi connectivity index (χ0n) is 12.9. The molecule has 0 heterocycles. The summed E-state index contributed by atoms with van der Waals surface area (Å²) in [6, 6.07) is 14.3. The quantitative estimate of drug-likeness (QED) is 0.842. The number of halogens is 1. The van der Waals surface area contributed by atoms with Gasteiger partial charge in [0.25, 0.3) is 5.91 Å². The van der Waals surface area contributed by atoms with Crippen LogP contribution in [0.15, 0.2) is 53.0 Å². The summed E-state index contributed by atoms with van der Waals surface area (Å²) in [7, 11) is -3.13. The third-order valence-corrected chi connectivity index (χ3v) is 4.67. The fourth-order valence-electron chi connectivity index (χ4n) is 2.24. The van der Waals surface area contributed by atoms with Crippen LogP contribution in [0.3, 0.4) is 0 Å². The summed E-state index contributed by atoms with van der Waals surface area (Å²) in [5, 5.41) is 2.92. The van der Waals surface area contributed by atoms with Crippen LogP contribution in [0.1, 0.15) is 34.5 Å². The normalized spacial score (nSPS) is 12.7. The van der Waals surface area contributed by atoms with E-state index in [-0.39, 0.29) is 17.7 Å². The number of sulfone groups is 1. The van der Waals surface area contributed by atoms with Gasteiger partial charge in [0.05, 0.1) is 11.8 Å². The Kier molecular flexibility index (Phi) is 5.59. The average molecular weight is 396 g/mol. The summed E-state index contributed by atoms with van der Waals surface area (Å²) in [6.07, 6.45) is 1.18. The Morgan fingerprint density at radius 1 is 1.17 bits per heavy atom. The van der Waals surface area contributed by atoms with Gasteiger partial charge in [0.15, 0.2) is 9.84 Å². The Morgan fingerprint density at radius 3 is 2.52 bits per heavy atom. The van der Waals surface area contributed by atoms with Crippen molar-refractivity contribution in [2.45, 2.75) is 18.7 Å². The molecule has 6 heteroatoms. The largest absolute Gasteiger partial charge is 0.346 e. The molecule has 0 aromatic heterocycles. The topological polar surface area (TPSA) is 63.2 Å². The maximum Gasteiger partial charge on any atom is 0.251 e. The fraction of sp³-hybridized carbons (Fsp3) is 0.235. The van der Waals surface area contributed by atoms with Crippen molar-refractivity contribution in [3.05, 3.63) is 69.7 Å². The number of benzene rings is 2. The molecule has 2 aromatic rings. The molecule has 0 saturated heterocycles. The van der Waals surface area contributed by atoms with E-state index in [1.54, 1.807) is 24.3 Å². The maximum absolute atomic E-state index is 12.4. The van der Waals surface area contributed by atoms with Gasteiger partial charge in [-0.2, -0.15) is 0 Å². The van der Waals surface area contributed by atoms with E-state index in [0.717, 1.165) is 10.0 Å². The monoisotopic (exact) mass is 395 g/mol. The molecular weight excluding hydrogens is 378 g/mol. The number of nitrogens with one attached hydrogen (secondary N) is 1. The second-order valence-corrected chi connectivity index (χ2v) is 8.58.